The van der Waals surface area contributed by atoms with Crippen molar-refractivity contribution >= 4 is 28.2 Å². The van der Waals surface area contributed by atoms with E-state index in [1.807, 2.05) is 31.2 Å². The van der Waals surface area contributed by atoms with Crippen LogP contribution in [0.5, 0.6) is 5.75 Å². The summed E-state index contributed by atoms with van der Waals surface area (Å²) in [4.78, 5) is 26.1. The fourth-order valence-electron chi connectivity index (χ4n) is 3.39. The predicted molar refractivity (Wildman–Crippen MR) is 111 cm³/mol. The largest absolute Gasteiger partial charge is 0.494 e. The predicted octanol–water partition coefficient (Wildman–Crippen LogP) is 4.91. The first-order valence-corrected chi connectivity index (χ1v) is 10.7. The number of nitrogens with one attached hydrogen (secondary N) is 1. The maximum Gasteiger partial charge on any atom is 0.341 e. The van der Waals surface area contributed by atoms with E-state index in [-0.39, 0.29) is 11.9 Å². The van der Waals surface area contributed by atoms with Gasteiger partial charge in [-0.25, -0.2) is 4.79 Å². The molecule has 0 fully saturated rings. The highest BCUT2D eigenvalue weighted by Crippen LogP contribution is 2.38. The van der Waals surface area contributed by atoms with Gasteiger partial charge in [0.2, 0.25) is 5.91 Å². The number of fused-ring (bicyclic) bond motifs is 1. The standard InChI is InChI=1S/C22H27NO4S/c1-3-26-22(25)20-17-10-4-5-11-18(17)28-21(20)23-19(24)12-7-13-27-16-9-6-8-15(2)14-16/h6,8-9,14H,3-5,7,10-13H2,1-2H3,(H,23,24). The van der Waals surface area contributed by atoms with Crippen LogP contribution in [0.1, 0.15) is 59.0 Å². The lowest BCUT2D eigenvalue weighted by atomic mass is 9.95. The SMILES string of the molecule is CCOC(=O)c1c(NC(=O)CCCOc2cccc(C)c2)sc2c1CCCC2. The summed E-state index contributed by atoms with van der Waals surface area (Å²) in [6.07, 6.45) is 4.99. The molecule has 0 spiro atoms. The van der Waals surface area contributed by atoms with Crippen molar-refractivity contribution in [3.63, 3.8) is 0 Å². The molecule has 0 saturated carbocycles. The second kappa shape index (κ2) is 9.73. The maximum atomic E-state index is 12.4. The van der Waals surface area contributed by atoms with Crippen molar-refractivity contribution in [2.45, 2.75) is 52.4 Å². The highest BCUT2D eigenvalue weighted by Gasteiger charge is 2.27. The number of anilines is 1. The molecule has 1 aromatic carbocycles. The van der Waals surface area contributed by atoms with Crippen LogP contribution in [0.3, 0.4) is 0 Å². The first-order chi connectivity index (χ1) is 13.6. The quantitative estimate of drug-likeness (QED) is 0.504. The summed E-state index contributed by atoms with van der Waals surface area (Å²) in [5, 5.41) is 3.57. The number of hydrogen-bond acceptors (Lipinski definition) is 5. The Morgan fingerprint density at radius 3 is 2.82 bits per heavy atom. The van der Waals surface area contributed by atoms with Gasteiger partial charge in [-0.1, -0.05) is 12.1 Å². The van der Waals surface area contributed by atoms with Gasteiger partial charge in [-0.15, -0.1) is 11.3 Å². The minimum Gasteiger partial charge on any atom is -0.494 e. The van der Waals surface area contributed by atoms with Crippen molar-refractivity contribution in [2.75, 3.05) is 18.5 Å². The van der Waals surface area contributed by atoms with Crippen LogP contribution in [0.15, 0.2) is 24.3 Å². The van der Waals surface area contributed by atoms with Crippen LogP contribution >= 0.6 is 11.3 Å². The van der Waals surface area contributed by atoms with Crippen LogP contribution < -0.4 is 10.1 Å². The van der Waals surface area contributed by atoms with E-state index in [0.29, 0.717) is 36.6 Å². The van der Waals surface area contributed by atoms with Gasteiger partial charge in [-0.05, 0) is 69.2 Å². The van der Waals surface area contributed by atoms with E-state index in [9.17, 15) is 9.59 Å². The zero-order chi connectivity index (χ0) is 19.9. The molecule has 3 rings (SSSR count). The molecule has 2 aromatic rings. The van der Waals surface area contributed by atoms with Gasteiger partial charge in [0.15, 0.2) is 0 Å². The molecule has 0 unspecified atom stereocenters. The fourth-order valence-corrected chi connectivity index (χ4v) is 4.68. The summed E-state index contributed by atoms with van der Waals surface area (Å²) in [7, 11) is 0. The van der Waals surface area contributed by atoms with Crippen molar-refractivity contribution in [3.8, 4) is 5.75 Å². The summed E-state index contributed by atoms with van der Waals surface area (Å²) in [6.45, 7) is 4.61. The molecule has 28 heavy (non-hydrogen) atoms. The topological polar surface area (TPSA) is 64.6 Å². The van der Waals surface area contributed by atoms with E-state index < -0.39 is 0 Å². The molecule has 5 nitrogen and oxygen atoms in total. The molecule has 1 amide bonds. The van der Waals surface area contributed by atoms with Crippen LogP contribution in [0.25, 0.3) is 0 Å². The third kappa shape index (κ3) is 5.13. The smallest absolute Gasteiger partial charge is 0.341 e. The highest BCUT2D eigenvalue weighted by atomic mass is 32.1. The second-order valence-electron chi connectivity index (χ2n) is 6.95. The van der Waals surface area contributed by atoms with Gasteiger partial charge in [0.05, 0.1) is 18.8 Å². The van der Waals surface area contributed by atoms with Crippen molar-refractivity contribution in [3.05, 3.63) is 45.8 Å². The molecule has 1 heterocycles. The van der Waals surface area contributed by atoms with Crippen molar-refractivity contribution in [1.29, 1.82) is 0 Å². The van der Waals surface area contributed by atoms with Crippen LogP contribution in [0.4, 0.5) is 5.00 Å². The van der Waals surface area contributed by atoms with Gasteiger partial charge >= 0.3 is 5.97 Å². The molecule has 0 saturated heterocycles. The summed E-state index contributed by atoms with van der Waals surface area (Å²) in [6, 6.07) is 7.85. The van der Waals surface area contributed by atoms with E-state index in [0.717, 1.165) is 42.6 Å². The zero-order valence-corrected chi connectivity index (χ0v) is 17.3. The molecular weight excluding hydrogens is 374 g/mol. The highest BCUT2D eigenvalue weighted by molar-refractivity contribution is 7.17. The summed E-state index contributed by atoms with van der Waals surface area (Å²) in [5.41, 5.74) is 2.77. The minimum absolute atomic E-state index is 0.100. The lowest BCUT2D eigenvalue weighted by Gasteiger charge is -2.12. The van der Waals surface area contributed by atoms with E-state index >= 15 is 0 Å². The van der Waals surface area contributed by atoms with Gasteiger partial charge in [-0.2, -0.15) is 0 Å². The molecule has 1 aliphatic rings. The fraction of sp³-hybridized carbons (Fsp3) is 0.455. The number of esters is 1. The Balaban J connectivity index is 1.57. The van der Waals surface area contributed by atoms with E-state index in [4.69, 9.17) is 9.47 Å². The Morgan fingerprint density at radius 2 is 2.04 bits per heavy atom. The number of amides is 1. The first kappa shape index (κ1) is 20.4. The van der Waals surface area contributed by atoms with E-state index in [1.54, 1.807) is 6.92 Å². The third-order valence-electron chi connectivity index (χ3n) is 4.71. The number of aryl methyl sites for hydroxylation is 2. The second-order valence-corrected chi connectivity index (χ2v) is 8.06. The average Bonchev–Trinajstić information content (AvgIpc) is 3.03. The number of hydrogen-bond donors (Lipinski definition) is 1. The Kier molecular flexibility index (Phi) is 7.09. The van der Waals surface area contributed by atoms with Gasteiger partial charge in [-0.3, -0.25) is 4.79 Å². The first-order valence-electron chi connectivity index (χ1n) is 9.89. The van der Waals surface area contributed by atoms with Gasteiger partial charge < -0.3 is 14.8 Å². The summed E-state index contributed by atoms with van der Waals surface area (Å²) < 4.78 is 10.9. The zero-order valence-electron chi connectivity index (χ0n) is 16.5. The number of carbonyl (C=O) groups excluding carboxylic acids is 2. The lowest BCUT2D eigenvalue weighted by molar-refractivity contribution is -0.116. The van der Waals surface area contributed by atoms with Crippen LogP contribution in [-0.4, -0.2) is 25.1 Å². The number of ether oxygens (including phenoxy) is 2. The molecule has 6 heteroatoms. The average molecular weight is 402 g/mol. The van der Waals surface area contributed by atoms with Gasteiger partial charge in [0.25, 0.3) is 0 Å². The molecule has 0 aliphatic heterocycles. The van der Waals surface area contributed by atoms with Gasteiger partial charge in [0.1, 0.15) is 10.8 Å². The van der Waals surface area contributed by atoms with Crippen LogP contribution in [-0.2, 0) is 22.4 Å². The Bertz CT molecular complexity index is 843. The molecule has 0 bridgehead atoms. The monoisotopic (exact) mass is 401 g/mol. The van der Waals surface area contributed by atoms with Crippen molar-refractivity contribution < 1.29 is 19.1 Å². The molecule has 0 radical (unpaired) electrons. The molecular formula is C22H27NO4S. The molecule has 1 N–H and O–H groups in total. The Morgan fingerprint density at radius 1 is 1.21 bits per heavy atom. The molecule has 1 aromatic heterocycles. The number of thiophene rings is 1. The van der Waals surface area contributed by atoms with Crippen LogP contribution in [0.2, 0.25) is 0 Å². The number of carbonyl (C=O) groups is 2. The number of rotatable bonds is 8. The Hall–Kier alpha value is -2.34. The number of benzene rings is 1. The third-order valence-corrected chi connectivity index (χ3v) is 5.92. The van der Waals surface area contributed by atoms with E-state index in [2.05, 4.69) is 5.32 Å². The summed E-state index contributed by atoms with van der Waals surface area (Å²) in [5.74, 6) is 0.382. The van der Waals surface area contributed by atoms with Gasteiger partial charge in [0, 0.05) is 11.3 Å². The Labute approximate surface area is 170 Å². The minimum atomic E-state index is -0.333. The van der Waals surface area contributed by atoms with Crippen LogP contribution in [0, 0.1) is 6.92 Å². The lowest BCUT2D eigenvalue weighted by Crippen LogP contribution is -2.16. The van der Waals surface area contributed by atoms with Crippen molar-refractivity contribution in [1.82, 2.24) is 0 Å². The molecule has 1 aliphatic carbocycles. The maximum absolute atomic E-state index is 12.4. The molecule has 0 atom stereocenters. The van der Waals surface area contributed by atoms with Crippen molar-refractivity contribution in [2.24, 2.45) is 0 Å². The molecule has 150 valence electrons. The van der Waals surface area contributed by atoms with E-state index in [1.165, 1.54) is 16.2 Å². The normalized spacial score (nSPS) is 12.9. The summed E-state index contributed by atoms with van der Waals surface area (Å²) >= 11 is 1.52.